The number of carbonyl (C=O) groups is 1. The van der Waals surface area contributed by atoms with E-state index in [2.05, 4.69) is 5.10 Å². The molecule has 1 atom stereocenters. The number of carbonyl (C=O) groups excluding carboxylic acids is 1. The minimum atomic E-state index is -5.01. The summed E-state index contributed by atoms with van der Waals surface area (Å²) in [5, 5.41) is 13.8. The Hall–Kier alpha value is -1.60. The number of rotatable bonds is 2. The molecule has 0 bridgehead atoms. The summed E-state index contributed by atoms with van der Waals surface area (Å²) in [5.74, 6) is -1.05. The Morgan fingerprint density at radius 1 is 1.52 bits per heavy atom. The van der Waals surface area contributed by atoms with E-state index in [0.717, 1.165) is 0 Å². The Labute approximate surface area is 123 Å². The van der Waals surface area contributed by atoms with Crippen LogP contribution in [0.4, 0.5) is 13.2 Å². The molecule has 1 heterocycles. The molecule has 0 radical (unpaired) electrons. The van der Waals surface area contributed by atoms with Gasteiger partial charge in [0.05, 0.1) is 0 Å². The van der Waals surface area contributed by atoms with Crippen LogP contribution in [0, 0.1) is 0 Å². The second kappa shape index (κ2) is 5.31. The maximum Gasteiger partial charge on any atom is 0.438 e. The number of amides is 1. The van der Waals surface area contributed by atoms with E-state index in [0.29, 0.717) is 0 Å². The van der Waals surface area contributed by atoms with Gasteiger partial charge in [0.1, 0.15) is 0 Å². The van der Waals surface area contributed by atoms with Crippen molar-refractivity contribution in [2.75, 3.05) is 0 Å². The highest BCUT2D eigenvalue weighted by Crippen LogP contribution is 2.41. The second-order valence-corrected chi connectivity index (χ2v) is 5.07. The monoisotopic (exact) mass is 320 g/mol. The molecule has 8 heteroatoms. The third-order valence-electron chi connectivity index (χ3n) is 3.17. The third-order valence-corrected chi connectivity index (χ3v) is 3.40. The maximum absolute atomic E-state index is 13.1. The van der Waals surface area contributed by atoms with Gasteiger partial charge in [-0.1, -0.05) is 24.6 Å². The molecule has 1 aromatic carbocycles. The number of aliphatic hydroxyl groups is 1. The van der Waals surface area contributed by atoms with Crippen molar-refractivity contribution in [2.45, 2.75) is 31.7 Å². The molecule has 0 aliphatic carbocycles. The minimum Gasteiger partial charge on any atom is -0.362 e. The van der Waals surface area contributed by atoms with Crippen LogP contribution >= 0.6 is 11.6 Å². The lowest BCUT2D eigenvalue weighted by Crippen LogP contribution is -2.56. The second-order valence-electron chi connectivity index (χ2n) is 4.64. The lowest BCUT2D eigenvalue weighted by Gasteiger charge is -2.32. The van der Waals surface area contributed by atoms with Gasteiger partial charge in [-0.25, -0.2) is 0 Å². The van der Waals surface area contributed by atoms with E-state index in [1.165, 1.54) is 24.3 Å². The summed E-state index contributed by atoms with van der Waals surface area (Å²) < 4.78 is 39.4. The van der Waals surface area contributed by atoms with Gasteiger partial charge in [0.2, 0.25) is 0 Å². The van der Waals surface area contributed by atoms with Gasteiger partial charge in [-0.3, -0.25) is 4.79 Å². The van der Waals surface area contributed by atoms with Crippen molar-refractivity contribution < 1.29 is 23.1 Å². The van der Waals surface area contributed by atoms with E-state index >= 15 is 0 Å². The summed E-state index contributed by atoms with van der Waals surface area (Å²) in [6.45, 7) is 1.60. The van der Waals surface area contributed by atoms with E-state index in [4.69, 9.17) is 11.6 Å². The summed E-state index contributed by atoms with van der Waals surface area (Å²) in [4.78, 5) is 12.2. The van der Waals surface area contributed by atoms with Crippen LogP contribution in [0.1, 0.15) is 30.1 Å². The average molecular weight is 321 g/mol. The van der Waals surface area contributed by atoms with Crippen molar-refractivity contribution >= 4 is 23.2 Å². The van der Waals surface area contributed by atoms with Gasteiger partial charge in [-0.2, -0.15) is 23.3 Å². The lowest BCUT2D eigenvalue weighted by atomic mass is 10.0. The SMILES string of the molecule is CCC1=NN(C(=O)c2cccc(Cl)c2)[C@@](O)(C(F)(F)F)C1. The largest absolute Gasteiger partial charge is 0.438 e. The van der Waals surface area contributed by atoms with Crippen LogP contribution in [0.15, 0.2) is 29.4 Å². The Bertz CT molecular complexity index is 603. The van der Waals surface area contributed by atoms with Crippen LogP contribution in [0.3, 0.4) is 0 Å². The zero-order valence-corrected chi connectivity index (χ0v) is 11.7. The van der Waals surface area contributed by atoms with Crippen LogP contribution in [-0.2, 0) is 0 Å². The van der Waals surface area contributed by atoms with E-state index in [1.54, 1.807) is 6.92 Å². The molecule has 0 saturated heterocycles. The Kier molecular flexibility index (Phi) is 3.99. The van der Waals surface area contributed by atoms with Crippen molar-refractivity contribution in [3.63, 3.8) is 0 Å². The van der Waals surface area contributed by atoms with Crippen LogP contribution in [0.25, 0.3) is 0 Å². The van der Waals surface area contributed by atoms with Gasteiger partial charge in [-0.05, 0) is 24.6 Å². The van der Waals surface area contributed by atoms with Gasteiger partial charge < -0.3 is 5.11 Å². The topological polar surface area (TPSA) is 52.9 Å². The molecule has 1 aliphatic heterocycles. The van der Waals surface area contributed by atoms with Gasteiger partial charge in [0, 0.05) is 22.7 Å². The van der Waals surface area contributed by atoms with Crippen molar-refractivity contribution in [1.82, 2.24) is 5.01 Å². The predicted molar refractivity (Wildman–Crippen MR) is 71.0 cm³/mol. The minimum absolute atomic E-state index is 0.0775. The molecule has 0 fully saturated rings. The highest BCUT2D eigenvalue weighted by molar-refractivity contribution is 6.31. The van der Waals surface area contributed by atoms with E-state index in [-0.39, 0.29) is 27.7 Å². The number of halogens is 4. The van der Waals surface area contributed by atoms with E-state index in [9.17, 15) is 23.1 Å². The summed E-state index contributed by atoms with van der Waals surface area (Å²) in [6, 6.07) is 5.45. The zero-order valence-electron chi connectivity index (χ0n) is 11.0. The molecule has 1 aromatic rings. The number of hydrogen-bond acceptors (Lipinski definition) is 3. The molecule has 0 aromatic heterocycles. The number of nitrogens with zero attached hydrogens (tertiary/aromatic N) is 2. The molecule has 21 heavy (non-hydrogen) atoms. The summed E-state index contributed by atoms with van der Waals surface area (Å²) >= 11 is 5.72. The van der Waals surface area contributed by atoms with Crippen molar-refractivity contribution in [3.05, 3.63) is 34.9 Å². The highest BCUT2D eigenvalue weighted by atomic mass is 35.5. The Balaban J connectivity index is 2.43. The highest BCUT2D eigenvalue weighted by Gasteiger charge is 2.63. The molecular formula is C13H12ClF3N2O2. The first kappa shape index (κ1) is 15.8. The Morgan fingerprint density at radius 2 is 2.19 bits per heavy atom. The fourth-order valence-corrected chi connectivity index (χ4v) is 2.18. The molecule has 1 N–H and O–H groups in total. The van der Waals surface area contributed by atoms with Crippen LogP contribution < -0.4 is 0 Å². The number of alkyl halides is 3. The number of hydrogen-bond donors (Lipinski definition) is 1. The Morgan fingerprint density at radius 3 is 2.71 bits per heavy atom. The van der Waals surface area contributed by atoms with E-state index in [1.807, 2.05) is 0 Å². The quantitative estimate of drug-likeness (QED) is 0.909. The van der Waals surface area contributed by atoms with E-state index < -0.39 is 24.2 Å². The molecule has 1 amide bonds. The van der Waals surface area contributed by atoms with Crippen molar-refractivity contribution in [1.29, 1.82) is 0 Å². The van der Waals surface area contributed by atoms with Gasteiger partial charge in [0.25, 0.3) is 11.6 Å². The van der Waals surface area contributed by atoms with Crippen LogP contribution in [0.5, 0.6) is 0 Å². The fraction of sp³-hybridized carbons (Fsp3) is 0.385. The first-order valence-electron chi connectivity index (χ1n) is 6.14. The molecule has 0 saturated carbocycles. The standard InChI is InChI=1S/C13H12ClF3N2O2/c1-2-10-7-12(21,13(15,16)17)19(18-10)11(20)8-4-3-5-9(14)6-8/h3-6,21H,2,7H2,1H3/t12-/m0/s1. The molecule has 4 nitrogen and oxygen atoms in total. The van der Waals surface area contributed by atoms with Crippen LogP contribution in [-0.4, -0.2) is 33.6 Å². The predicted octanol–water partition coefficient (Wildman–Crippen LogP) is 3.20. The molecular weight excluding hydrogens is 309 g/mol. The molecule has 0 unspecified atom stereocenters. The van der Waals surface area contributed by atoms with Crippen molar-refractivity contribution in [3.8, 4) is 0 Å². The van der Waals surface area contributed by atoms with Gasteiger partial charge in [0.15, 0.2) is 0 Å². The fourth-order valence-electron chi connectivity index (χ4n) is 1.99. The summed E-state index contributed by atoms with van der Waals surface area (Å²) in [6.07, 6.45) is -5.56. The van der Waals surface area contributed by atoms with Gasteiger partial charge in [-0.15, -0.1) is 0 Å². The molecule has 0 spiro atoms. The number of hydrazone groups is 1. The normalized spacial score (nSPS) is 22.4. The first-order chi connectivity index (χ1) is 9.69. The third kappa shape index (κ3) is 2.75. The smallest absolute Gasteiger partial charge is 0.362 e. The summed E-state index contributed by atoms with van der Waals surface area (Å²) in [7, 11) is 0. The maximum atomic E-state index is 13.1. The lowest BCUT2D eigenvalue weighted by molar-refractivity contribution is -0.297. The number of benzene rings is 1. The average Bonchev–Trinajstić information content (AvgIpc) is 2.76. The summed E-state index contributed by atoms with van der Waals surface area (Å²) in [5.41, 5.74) is -3.30. The molecule has 114 valence electrons. The first-order valence-corrected chi connectivity index (χ1v) is 6.52. The van der Waals surface area contributed by atoms with Gasteiger partial charge >= 0.3 is 6.18 Å². The van der Waals surface area contributed by atoms with Crippen molar-refractivity contribution in [2.24, 2.45) is 5.10 Å². The molecule has 1 aliphatic rings. The van der Waals surface area contributed by atoms with Crippen LogP contribution in [0.2, 0.25) is 5.02 Å². The molecule has 2 rings (SSSR count). The zero-order chi connectivity index (χ0) is 15.8.